The van der Waals surface area contributed by atoms with Gasteiger partial charge in [0.1, 0.15) is 5.78 Å². The second-order valence-corrected chi connectivity index (χ2v) is 2.44. The van der Waals surface area contributed by atoms with Crippen LogP contribution in [-0.2, 0) is 4.79 Å². The summed E-state index contributed by atoms with van der Waals surface area (Å²) in [6, 6.07) is 0. The minimum Gasteiger partial charge on any atom is -0.299 e. The van der Waals surface area contributed by atoms with E-state index in [9.17, 15) is 4.79 Å². The van der Waals surface area contributed by atoms with E-state index in [0.717, 1.165) is 6.42 Å². The first-order valence-electron chi connectivity index (χ1n) is 2.74. The van der Waals surface area contributed by atoms with Gasteiger partial charge < -0.3 is 0 Å². The average Bonchev–Trinajstić information content (AvgIpc) is 1.68. The molecule has 2 unspecified atom stereocenters. The molecule has 0 aromatic rings. The van der Waals surface area contributed by atoms with Crippen LogP contribution in [0.5, 0.6) is 0 Å². The predicted octanol–water partition coefficient (Wildman–Crippen LogP) is 1.23. The molecule has 0 aliphatic heterocycles. The van der Waals surface area contributed by atoms with Crippen molar-refractivity contribution in [3.63, 3.8) is 0 Å². The molecule has 7 heavy (non-hydrogen) atoms. The first kappa shape index (κ1) is 4.82. The number of carbonyl (C=O) groups excluding carboxylic acids is 1. The third-order valence-electron chi connectivity index (χ3n) is 1.88. The number of carbonyl (C=O) groups is 1. The second kappa shape index (κ2) is 1.32. The molecule has 0 bridgehead atoms. The zero-order valence-corrected chi connectivity index (χ0v) is 4.77. The van der Waals surface area contributed by atoms with Crippen LogP contribution in [0.3, 0.4) is 0 Å². The van der Waals surface area contributed by atoms with E-state index < -0.39 is 0 Å². The maximum absolute atomic E-state index is 10.4. The molecule has 2 atom stereocenters. The third kappa shape index (κ3) is 0.561. The van der Waals surface area contributed by atoms with Gasteiger partial charge in [-0.1, -0.05) is 13.8 Å². The van der Waals surface area contributed by atoms with Crippen molar-refractivity contribution in [2.45, 2.75) is 20.3 Å². The van der Waals surface area contributed by atoms with E-state index in [1.54, 1.807) is 0 Å². The van der Waals surface area contributed by atoms with Gasteiger partial charge in [-0.25, -0.2) is 0 Å². The molecule has 1 rings (SSSR count). The Labute approximate surface area is 43.7 Å². The van der Waals surface area contributed by atoms with Crippen molar-refractivity contribution in [1.82, 2.24) is 0 Å². The maximum atomic E-state index is 10.4. The standard InChI is InChI=1S/C6H10O/c1-4-3-6(7)5(4)2/h4-5H,3H2,1-2H3. The number of hydrogen-bond acceptors (Lipinski definition) is 1. The van der Waals surface area contributed by atoms with Crippen molar-refractivity contribution in [1.29, 1.82) is 0 Å². The summed E-state index contributed by atoms with van der Waals surface area (Å²) < 4.78 is 0. The Balaban J connectivity index is 2.43. The molecule has 0 saturated heterocycles. The fourth-order valence-electron chi connectivity index (χ4n) is 0.837. The largest absolute Gasteiger partial charge is 0.299 e. The number of Topliss-reactive ketones (excluding diaryl/α,β-unsaturated/α-hetero) is 1. The zero-order chi connectivity index (χ0) is 5.44. The molecule has 1 heteroatoms. The fourth-order valence-corrected chi connectivity index (χ4v) is 0.837. The van der Waals surface area contributed by atoms with Crippen LogP contribution in [0.4, 0.5) is 0 Å². The van der Waals surface area contributed by atoms with E-state index in [0.29, 0.717) is 17.6 Å². The molecule has 0 radical (unpaired) electrons. The van der Waals surface area contributed by atoms with E-state index in [1.807, 2.05) is 6.92 Å². The normalized spacial score (nSPS) is 40.6. The van der Waals surface area contributed by atoms with Crippen molar-refractivity contribution >= 4 is 5.78 Å². The first-order valence-corrected chi connectivity index (χ1v) is 2.74. The summed E-state index contributed by atoms with van der Waals surface area (Å²) in [4.78, 5) is 10.4. The second-order valence-electron chi connectivity index (χ2n) is 2.44. The van der Waals surface area contributed by atoms with Crippen molar-refractivity contribution in [2.24, 2.45) is 11.8 Å². The fraction of sp³-hybridized carbons (Fsp3) is 0.833. The molecular weight excluding hydrogens is 88.1 g/mol. The van der Waals surface area contributed by atoms with Crippen LogP contribution in [0.2, 0.25) is 0 Å². The maximum Gasteiger partial charge on any atom is 0.136 e. The summed E-state index contributed by atoms with van der Waals surface area (Å²) in [5.41, 5.74) is 0. The minimum absolute atomic E-state index is 0.361. The Kier molecular flexibility index (Phi) is 0.911. The summed E-state index contributed by atoms with van der Waals surface area (Å²) in [5.74, 6) is 1.46. The van der Waals surface area contributed by atoms with Crippen LogP contribution in [0, 0.1) is 11.8 Å². The summed E-state index contributed by atoms with van der Waals surface area (Å²) in [7, 11) is 0. The van der Waals surface area contributed by atoms with Gasteiger partial charge in [0.2, 0.25) is 0 Å². The lowest BCUT2D eigenvalue weighted by molar-refractivity contribution is -0.132. The topological polar surface area (TPSA) is 17.1 Å². The molecule has 1 aliphatic rings. The summed E-state index contributed by atoms with van der Waals surface area (Å²) in [6.07, 6.45) is 0.821. The van der Waals surface area contributed by atoms with E-state index in [-0.39, 0.29) is 0 Å². The van der Waals surface area contributed by atoms with Crippen LogP contribution in [0.15, 0.2) is 0 Å². The monoisotopic (exact) mass is 98.1 g/mol. The first-order chi connectivity index (χ1) is 3.22. The van der Waals surface area contributed by atoms with E-state index in [4.69, 9.17) is 0 Å². The molecule has 1 nitrogen and oxygen atoms in total. The molecule has 1 fully saturated rings. The Bertz CT molecular complexity index is 96.4. The van der Waals surface area contributed by atoms with E-state index in [1.165, 1.54) is 0 Å². The molecule has 0 spiro atoms. The van der Waals surface area contributed by atoms with Gasteiger partial charge in [0.15, 0.2) is 0 Å². The van der Waals surface area contributed by atoms with Gasteiger partial charge in [-0.3, -0.25) is 4.79 Å². The van der Waals surface area contributed by atoms with Crippen LogP contribution < -0.4 is 0 Å². The highest BCUT2D eigenvalue weighted by molar-refractivity contribution is 5.86. The summed E-state index contributed by atoms with van der Waals surface area (Å²) in [5, 5.41) is 0. The molecule has 1 saturated carbocycles. The van der Waals surface area contributed by atoms with Crippen LogP contribution in [0.25, 0.3) is 0 Å². The van der Waals surface area contributed by atoms with Gasteiger partial charge in [-0.15, -0.1) is 0 Å². The molecule has 40 valence electrons. The number of hydrogen-bond donors (Lipinski definition) is 0. The van der Waals surface area contributed by atoms with Gasteiger partial charge in [0.05, 0.1) is 0 Å². The number of rotatable bonds is 0. The summed E-state index contributed by atoms with van der Waals surface area (Å²) >= 11 is 0. The smallest absolute Gasteiger partial charge is 0.136 e. The average molecular weight is 98.1 g/mol. The zero-order valence-electron chi connectivity index (χ0n) is 4.77. The molecule has 0 aromatic heterocycles. The highest BCUT2D eigenvalue weighted by Gasteiger charge is 2.31. The van der Waals surface area contributed by atoms with Gasteiger partial charge in [-0.05, 0) is 5.92 Å². The highest BCUT2D eigenvalue weighted by Crippen LogP contribution is 2.28. The lowest BCUT2D eigenvalue weighted by Gasteiger charge is -2.27. The predicted molar refractivity (Wildman–Crippen MR) is 28.0 cm³/mol. The van der Waals surface area contributed by atoms with Crippen LogP contribution in [0.1, 0.15) is 20.3 Å². The van der Waals surface area contributed by atoms with Gasteiger partial charge >= 0.3 is 0 Å². The van der Waals surface area contributed by atoms with Crippen molar-refractivity contribution in [3.8, 4) is 0 Å². The third-order valence-corrected chi connectivity index (χ3v) is 1.88. The molecule has 0 N–H and O–H groups in total. The molecular formula is C6H10O. The van der Waals surface area contributed by atoms with Crippen molar-refractivity contribution in [3.05, 3.63) is 0 Å². The molecule has 0 amide bonds. The van der Waals surface area contributed by atoms with E-state index in [2.05, 4.69) is 6.92 Å². The van der Waals surface area contributed by atoms with Gasteiger partial charge in [0.25, 0.3) is 0 Å². The van der Waals surface area contributed by atoms with Gasteiger partial charge in [0, 0.05) is 12.3 Å². The van der Waals surface area contributed by atoms with E-state index >= 15 is 0 Å². The Morgan fingerprint density at radius 2 is 2.14 bits per heavy atom. The lowest BCUT2D eigenvalue weighted by Crippen LogP contribution is -2.32. The SMILES string of the molecule is CC1CC(=O)C1C. The Morgan fingerprint density at radius 1 is 1.57 bits per heavy atom. The Hall–Kier alpha value is -0.330. The van der Waals surface area contributed by atoms with Crippen molar-refractivity contribution in [2.75, 3.05) is 0 Å². The van der Waals surface area contributed by atoms with Crippen LogP contribution in [-0.4, -0.2) is 5.78 Å². The molecule has 0 heterocycles. The Morgan fingerprint density at radius 3 is 2.14 bits per heavy atom. The molecule has 0 aromatic carbocycles. The number of ketones is 1. The van der Waals surface area contributed by atoms with Crippen LogP contribution >= 0.6 is 0 Å². The highest BCUT2D eigenvalue weighted by atomic mass is 16.1. The summed E-state index contributed by atoms with van der Waals surface area (Å²) in [6.45, 7) is 4.11. The lowest BCUT2D eigenvalue weighted by atomic mass is 9.75. The quantitative estimate of drug-likeness (QED) is 0.445. The molecule has 1 aliphatic carbocycles. The van der Waals surface area contributed by atoms with Crippen molar-refractivity contribution < 1.29 is 4.79 Å². The minimum atomic E-state index is 0.361. The van der Waals surface area contributed by atoms with Gasteiger partial charge in [-0.2, -0.15) is 0 Å².